The van der Waals surface area contributed by atoms with Gasteiger partial charge in [-0.2, -0.15) is 0 Å². The topological polar surface area (TPSA) is 59.8 Å². The van der Waals surface area contributed by atoms with Crippen molar-refractivity contribution in [1.82, 2.24) is 14.8 Å². The Bertz CT molecular complexity index is 924. The van der Waals surface area contributed by atoms with Crippen LogP contribution in [0.25, 0.3) is 5.69 Å². The minimum absolute atomic E-state index is 0.0876. The van der Waals surface area contributed by atoms with Gasteiger partial charge in [-0.25, -0.2) is 0 Å². The zero-order chi connectivity index (χ0) is 18.7. The lowest BCUT2D eigenvalue weighted by Gasteiger charge is -2.13. The van der Waals surface area contributed by atoms with Crippen molar-refractivity contribution in [3.05, 3.63) is 64.9 Å². The molecule has 3 aromatic rings. The summed E-state index contributed by atoms with van der Waals surface area (Å²) in [7, 11) is 0. The minimum atomic E-state index is -0.333. The second-order valence-corrected chi connectivity index (χ2v) is 7.75. The molecule has 0 aliphatic heterocycles. The van der Waals surface area contributed by atoms with Gasteiger partial charge in [-0.3, -0.25) is 9.36 Å². The number of amides is 1. The summed E-state index contributed by atoms with van der Waals surface area (Å²) in [5.74, 6) is -0.0876. The van der Waals surface area contributed by atoms with Crippen LogP contribution in [0.5, 0.6) is 0 Å². The summed E-state index contributed by atoms with van der Waals surface area (Å²) in [6.45, 7) is 5.80. The molecule has 26 heavy (non-hydrogen) atoms. The SMILES string of the molecule is Cc1ccc(NC(=O)C(C)Sc2nncn2-c2ccc(C)c(Cl)c2)cc1. The Balaban J connectivity index is 1.72. The number of aryl methyl sites for hydroxylation is 2. The van der Waals surface area contributed by atoms with E-state index in [9.17, 15) is 4.79 Å². The minimum Gasteiger partial charge on any atom is -0.325 e. The van der Waals surface area contributed by atoms with Gasteiger partial charge in [-0.05, 0) is 50.6 Å². The molecule has 1 heterocycles. The third-order valence-electron chi connectivity index (χ3n) is 3.92. The Hall–Kier alpha value is -2.31. The first-order valence-electron chi connectivity index (χ1n) is 8.15. The maximum atomic E-state index is 12.5. The van der Waals surface area contributed by atoms with E-state index >= 15 is 0 Å². The normalized spacial score (nSPS) is 12.0. The average molecular weight is 387 g/mol. The van der Waals surface area contributed by atoms with Crippen molar-refractivity contribution in [1.29, 1.82) is 0 Å². The Morgan fingerprint density at radius 1 is 1.19 bits per heavy atom. The van der Waals surface area contributed by atoms with Crippen LogP contribution in [0, 0.1) is 13.8 Å². The van der Waals surface area contributed by atoms with Gasteiger partial charge in [0.15, 0.2) is 5.16 Å². The maximum Gasteiger partial charge on any atom is 0.237 e. The number of thioether (sulfide) groups is 1. The number of carbonyl (C=O) groups excluding carboxylic acids is 1. The first kappa shape index (κ1) is 18.5. The number of anilines is 1. The Morgan fingerprint density at radius 3 is 2.62 bits per heavy atom. The first-order valence-corrected chi connectivity index (χ1v) is 9.40. The molecule has 0 saturated carbocycles. The lowest BCUT2D eigenvalue weighted by molar-refractivity contribution is -0.115. The highest BCUT2D eigenvalue weighted by Crippen LogP contribution is 2.26. The molecular formula is C19H19ClN4OS. The molecule has 1 unspecified atom stereocenters. The van der Waals surface area contributed by atoms with E-state index in [4.69, 9.17) is 11.6 Å². The van der Waals surface area contributed by atoms with E-state index in [2.05, 4.69) is 15.5 Å². The highest BCUT2D eigenvalue weighted by Gasteiger charge is 2.19. The standard InChI is InChI=1S/C19H19ClN4OS/c1-12-4-7-15(8-5-12)22-18(25)14(3)26-19-23-21-11-24(19)16-9-6-13(2)17(20)10-16/h4-11,14H,1-3H3,(H,22,25). The number of benzene rings is 2. The molecule has 0 radical (unpaired) electrons. The van der Waals surface area contributed by atoms with Gasteiger partial charge in [0.2, 0.25) is 5.91 Å². The lowest BCUT2D eigenvalue weighted by Crippen LogP contribution is -2.22. The second kappa shape index (κ2) is 7.93. The fraction of sp³-hybridized carbons (Fsp3) is 0.211. The predicted octanol–water partition coefficient (Wildman–Crippen LogP) is 4.66. The van der Waals surface area contributed by atoms with Crippen molar-refractivity contribution in [2.24, 2.45) is 0 Å². The number of carbonyl (C=O) groups is 1. The van der Waals surface area contributed by atoms with E-state index in [0.717, 1.165) is 22.5 Å². The molecular weight excluding hydrogens is 368 g/mol. The number of hydrogen-bond donors (Lipinski definition) is 1. The number of halogens is 1. The predicted molar refractivity (Wildman–Crippen MR) is 106 cm³/mol. The molecule has 2 aromatic carbocycles. The van der Waals surface area contributed by atoms with E-state index in [1.807, 2.05) is 67.8 Å². The number of rotatable bonds is 5. The van der Waals surface area contributed by atoms with Crippen molar-refractivity contribution < 1.29 is 4.79 Å². The molecule has 0 spiro atoms. The smallest absolute Gasteiger partial charge is 0.237 e. The monoisotopic (exact) mass is 386 g/mol. The number of nitrogens with one attached hydrogen (secondary N) is 1. The van der Waals surface area contributed by atoms with Gasteiger partial charge in [-0.1, -0.05) is 47.1 Å². The largest absolute Gasteiger partial charge is 0.325 e. The average Bonchev–Trinajstić information content (AvgIpc) is 3.07. The zero-order valence-corrected chi connectivity index (χ0v) is 16.3. The molecule has 5 nitrogen and oxygen atoms in total. The second-order valence-electron chi connectivity index (χ2n) is 6.03. The summed E-state index contributed by atoms with van der Waals surface area (Å²) >= 11 is 7.56. The van der Waals surface area contributed by atoms with Crippen molar-refractivity contribution >= 4 is 35.0 Å². The Labute approximate surface area is 161 Å². The van der Waals surface area contributed by atoms with Gasteiger partial charge < -0.3 is 5.32 Å². The van der Waals surface area contributed by atoms with Crippen LogP contribution >= 0.6 is 23.4 Å². The van der Waals surface area contributed by atoms with Gasteiger partial charge >= 0.3 is 0 Å². The van der Waals surface area contributed by atoms with E-state index in [1.165, 1.54) is 11.8 Å². The summed E-state index contributed by atoms with van der Waals surface area (Å²) in [4.78, 5) is 12.5. The lowest BCUT2D eigenvalue weighted by atomic mass is 10.2. The molecule has 7 heteroatoms. The fourth-order valence-corrected chi connectivity index (χ4v) is 3.32. The molecule has 1 atom stereocenters. The van der Waals surface area contributed by atoms with Crippen LogP contribution in [0.3, 0.4) is 0 Å². The first-order chi connectivity index (χ1) is 12.4. The van der Waals surface area contributed by atoms with Crippen molar-refractivity contribution in [2.75, 3.05) is 5.32 Å². The Kier molecular flexibility index (Phi) is 5.64. The maximum absolute atomic E-state index is 12.5. The van der Waals surface area contributed by atoms with Gasteiger partial charge in [0, 0.05) is 10.7 Å². The molecule has 0 saturated heterocycles. The van der Waals surface area contributed by atoms with Crippen LogP contribution in [0.1, 0.15) is 18.1 Å². The third kappa shape index (κ3) is 4.26. The van der Waals surface area contributed by atoms with E-state index < -0.39 is 0 Å². The van der Waals surface area contributed by atoms with E-state index in [0.29, 0.717) is 10.2 Å². The molecule has 0 aliphatic carbocycles. The summed E-state index contributed by atoms with van der Waals surface area (Å²) in [5, 5.41) is 12.0. The van der Waals surface area contributed by atoms with Crippen LogP contribution in [-0.2, 0) is 4.79 Å². The van der Waals surface area contributed by atoms with Crippen LogP contribution in [0.15, 0.2) is 53.9 Å². The molecule has 1 amide bonds. The molecule has 0 fully saturated rings. The highest BCUT2D eigenvalue weighted by atomic mass is 35.5. The number of hydrogen-bond acceptors (Lipinski definition) is 4. The van der Waals surface area contributed by atoms with Crippen LogP contribution in [-0.4, -0.2) is 25.9 Å². The van der Waals surface area contributed by atoms with Crippen molar-refractivity contribution in [3.8, 4) is 5.69 Å². The van der Waals surface area contributed by atoms with Gasteiger partial charge in [-0.15, -0.1) is 10.2 Å². The van der Waals surface area contributed by atoms with Gasteiger partial charge in [0.05, 0.1) is 10.9 Å². The summed E-state index contributed by atoms with van der Waals surface area (Å²) in [6, 6.07) is 13.5. The van der Waals surface area contributed by atoms with E-state index in [1.54, 1.807) is 6.33 Å². The zero-order valence-electron chi connectivity index (χ0n) is 14.7. The van der Waals surface area contributed by atoms with Crippen LogP contribution in [0.4, 0.5) is 5.69 Å². The van der Waals surface area contributed by atoms with Crippen molar-refractivity contribution in [3.63, 3.8) is 0 Å². The number of nitrogens with zero attached hydrogens (tertiary/aromatic N) is 3. The number of aromatic nitrogens is 3. The van der Waals surface area contributed by atoms with Crippen molar-refractivity contribution in [2.45, 2.75) is 31.2 Å². The summed E-state index contributed by atoms with van der Waals surface area (Å²) in [5.41, 5.74) is 3.79. The molecule has 1 N–H and O–H groups in total. The Morgan fingerprint density at radius 2 is 1.92 bits per heavy atom. The van der Waals surface area contributed by atoms with E-state index in [-0.39, 0.29) is 11.2 Å². The molecule has 1 aromatic heterocycles. The summed E-state index contributed by atoms with van der Waals surface area (Å²) in [6.07, 6.45) is 1.62. The third-order valence-corrected chi connectivity index (χ3v) is 5.38. The molecule has 134 valence electrons. The summed E-state index contributed by atoms with van der Waals surface area (Å²) < 4.78 is 1.83. The van der Waals surface area contributed by atoms with Gasteiger partial charge in [0.1, 0.15) is 6.33 Å². The molecule has 0 aliphatic rings. The highest BCUT2D eigenvalue weighted by molar-refractivity contribution is 8.00. The fourth-order valence-electron chi connectivity index (χ4n) is 2.31. The molecule has 3 rings (SSSR count). The van der Waals surface area contributed by atoms with Crippen LogP contribution < -0.4 is 5.32 Å². The quantitative estimate of drug-likeness (QED) is 0.648. The molecule has 0 bridgehead atoms. The van der Waals surface area contributed by atoms with Gasteiger partial charge in [0.25, 0.3) is 0 Å². The van der Waals surface area contributed by atoms with Crippen LogP contribution in [0.2, 0.25) is 5.02 Å².